The van der Waals surface area contributed by atoms with Gasteiger partial charge in [-0.3, -0.25) is 9.80 Å². The molecule has 2 heterocycles. The lowest BCUT2D eigenvalue weighted by molar-refractivity contribution is 0.255. The third kappa shape index (κ3) is 3.01. The predicted octanol–water partition coefficient (Wildman–Crippen LogP) is 1.31. The molecule has 1 saturated heterocycles. The van der Waals surface area contributed by atoms with E-state index in [0.29, 0.717) is 24.6 Å². The van der Waals surface area contributed by atoms with Crippen LogP contribution < -0.4 is 14.9 Å². The Morgan fingerprint density at radius 3 is 2.52 bits per heavy atom. The second kappa shape index (κ2) is 5.60. The van der Waals surface area contributed by atoms with Crippen LogP contribution in [0.25, 0.3) is 0 Å². The molecule has 9 heteroatoms. The Labute approximate surface area is 132 Å². The fourth-order valence-corrected chi connectivity index (χ4v) is 2.90. The van der Waals surface area contributed by atoms with Crippen LogP contribution in [0.15, 0.2) is 47.5 Å². The van der Waals surface area contributed by atoms with Crippen molar-refractivity contribution in [3.05, 3.63) is 48.4 Å². The number of carbonyl (C=O) groups is 1. The van der Waals surface area contributed by atoms with Gasteiger partial charge in [0.05, 0.1) is 11.1 Å². The summed E-state index contributed by atoms with van der Waals surface area (Å²) in [4.78, 5) is 19.1. The summed E-state index contributed by atoms with van der Waals surface area (Å²) in [6.45, 7) is 0.711. The number of urea groups is 1. The molecule has 0 unspecified atom stereocenters. The first-order chi connectivity index (χ1) is 10.9. The summed E-state index contributed by atoms with van der Waals surface area (Å²) in [5.74, 6) is -0.153. The van der Waals surface area contributed by atoms with Gasteiger partial charge in [-0.05, 0) is 30.3 Å². The van der Waals surface area contributed by atoms with Gasteiger partial charge in [-0.15, -0.1) is 0 Å². The molecule has 0 spiro atoms. The zero-order valence-electron chi connectivity index (χ0n) is 11.9. The average Bonchev–Trinajstić information content (AvgIpc) is 2.89. The fraction of sp³-hybridized carbons (Fsp3) is 0.143. The van der Waals surface area contributed by atoms with Crippen LogP contribution >= 0.6 is 0 Å². The van der Waals surface area contributed by atoms with Crippen molar-refractivity contribution < 1.29 is 17.6 Å². The average molecular weight is 336 g/mol. The van der Waals surface area contributed by atoms with Crippen LogP contribution in [0, 0.1) is 5.82 Å². The highest BCUT2D eigenvalue weighted by atomic mass is 32.2. The summed E-state index contributed by atoms with van der Waals surface area (Å²) < 4.78 is 35.8. The predicted molar refractivity (Wildman–Crippen MR) is 82.1 cm³/mol. The summed E-state index contributed by atoms with van der Waals surface area (Å²) in [5.41, 5.74) is 0.422. The summed E-state index contributed by atoms with van der Waals surface area (Å²) in [5, 5.41) is 5.10. The first-order valence-electron chi connectivity index (χ1n) is 6.70. The molecule has 2 N–H and O–H groups in total. The number of hydrogen-bond acceptors (Lipinski definition) is 4. The van der Waals surface area contributed by atoms with Gasteiger partial charge in [0.25, 0.3) is 0 Å². The Hall–Kier alpha value is -2.52. The van der Waals surface area contributed by atoms with E-state index in [-0.39, 0.29) is 10.9 Å². The van der Waals surface area contributed by atoms with Crippen LogP contribution in [0.3, 0.4) is 0 Å². The molecule has 7 nitrogen and oxygen atoms in total. The first-order valence-corrected chi connectivity index (χ1v) is 8.24. The number of primary sulfonamides is 1. The number of rotatable bonds is 3. The van der Waals surface area contributed by atoms with Crippen LogP contribution in [0.1, 0.15) is 0 Å². The Kier molecular flexibility index (Phi) is 3.74. The van der Waals surface area contributed by atoms with Gasteiger partial charge in [0, 0.05) is 18.8 Å². The van der Waals surface area contributed by atoms with Crippen molar-refractivity contribution in [2.24, 2.45) is 5.14 Å². The number of benzene rings is 1. The minimum Gasteiger partial charge on any atom is -0.292 e. The number of sulfonamides is 1. The maximum Gasteiger partial charge on any atom is 0.330 e. The van der Waals surface area contributed by atoms with Gasteiger partial charge in [-0.25, -0.2) is 27.7 Å². The second-order valence-corrected chi connectivity index (χ2v) is 6.52. The number of nitrogens with zero attached hydrogens (tertiary/aromatic N) is 3. The molecule has 0 radical (unpaired) electrons. The topological polar surface area (TPSA) is 96.6 Å². The number of carbonyl (C=O) groups excluding carboxylic acids is 1. The van der Waals surface area contributed by atoms with E-state index in [9.17, 15) is 17.6 Å². The lowest BCUT2D eigenvalue weighted by atomic mass is 10.3. The van der Waals surface area contributed by atoms with Crippen molar-refractivity contribution in [1.29, 1.82) is 0 Å². The van der Waals surface area contributed by atoms with Gasteiger partial charge in [-0.2, -0.15) is 0 Å². The van der Waals surface area contributed by atoms with Crippen molar-refractivity contribution >= 4 is 27.6 Å². The van der Waals surface area contributed by atoms with Crippen LogP contribution in [0.4, 0.5) is 20.7 Å². The molecule has 1 aliphatic heterocycles. The summed E-state index contributed by atoms with van der Waals surface area (Å²) in [6, 6.07) is 8.11. The standard InChI is InChI=1S/C14H13FN4O3S/c15-10-4-5-13(17-9-10)19-7-6-18(14(19)20)11-2-1-3-12(8-11)23(16,21)22/h1-5,8-9H,6-7H2,(H2,16,21,22). The molecule has 1 fully saturated rings. The first kappa shape index (κ1) is 15.4. The van der Waals surface area contributed by atoms with Crippen LogP contribution in [-0.4, -0.2) is 32.5 Å². The minimum atomic E-state index is -3.85. The Morgan fingerprint density at radius 2 is 1.87 bits per heavy atom. The lowest BCUT2D eigenvalue weighted by Gasteiger charge is -2.18. The smallest absolute Gasteiger partial charge is 0.292 e. The summed E-state index contributed by atoms with van der Waals surface area (Å²) in [7, 11) is -3.85. The third-order valence-electron chi connectivity index (χ3n) is 3.46. The number of anilines is 2. The second-order valence-electron chi connectivity index (χ2n) is 4.96. The van der Waals surface area contributed by atoms with Gasteiger partial charge in [0.1, 0.15) is 11.6 Å². The van der Waals surface area contributed by atoms with E-state index in [4.69, 9.17) is 5.14 Å². The van der Waals surface area contributed by atoms with Crippen LogP contribution in [0.2, 0.25) is 0 Å². The van der Waals surface area contributed by atoms with E-state index < -0.39 is 15.8 Å². The number of halogens is 1. The molecular weight excluding hydrogens is 323 g/mol. The molecule has 0 saturated carbocycles. The van der Waals surface area contributed by atoms with Crippen molar-refractivity contribution in [2.45, 2.75) is 4.90 Å². The molecule has 2 aromatic rings. The molecule has 2 amide bonds. The Bertz CT molecular complexity index is 855. The molecule has 1 aliphatic rings. The highest BCUT2D eigenvalue weighted by molar-refractivity contribution is 7.89. The maximum atomic E-state index is 12.9. The van der Waals surface area contributed by atoms with E-state index >= 15 is 0 Å². The molecule has 120 valence electrons. The molecule has 23 heavy (non-hydrogen) atoms. The number of pyridine rings is 1. The van der Waals surface area contributed by atoms with Gasteiger partial charge >= 0.3 is 6.03 Å². The normalized spacial score (nSPS) is 15.3. The van der Waals surface area contributed by atoms with E-state index in [1.165, 1.54) is 40.1 Å². The Morgan fingerprint density at radius 1 is 1.13 bits per heavy atom. The third-order valence-corrected chi connectivity index (χ3v) is 4.37. The number of amides is 2. The largest absolute Gasteiger partial charge is 0.330 e. The van der Waals surface area contributed by atoms with Crippen molar-refractivity contribution in [1.82, 2.24) is 4.98 Å². The zero-order chi connectivity index (χ0) is 16.6. The minimum absolute atomic E-state index is 0.0684. The summed E-state index contributed by atoms with van der Waals surface area (Å²) in [6.07, 6.45) is 1.03. The molecule has 0 atom stereocenters. The molecule has 0 aliphatic carbocycles. The van der Waals surface area contributed by atoms with Crippen molar-refractivity contribution in [3.63, 3.8) is 0 Å². The number of hydrogen-bond donors (Lipinski definition) is 1. The van der Waals surface area contributed by atoms with Gasteiger partial charge in [0.2, 0.25) is 10.0 Å². The van der Waals surface area contributed by atoms with E-state index in [2.05, 4.69) is 4.98 Å². The Balaban J connectivity index is 1.89. The SMILES string of the molecule is NS(=O)(=O)c1cccc(N2CCN(c3ccc(F)cn3)C2=O)c1. The monoisotopic (exact) mass is 336 g/mol. The molecule has 1 aromatic heterocycles. The molecule has 1 aromatic carbocycles. The highest BCUT2D eigenvalue weighted by Crippen LogP contribution is 2.25. The quantitative estimate of drug-likeness (QED) is 0.914. The van der Waals surface area contributed by atoms with Gasteiger partial charge < -0.3 is 0 Å². The highest BCUT2D eigenvalue weighted by Gasteiger charge is 2.31. The number of aromatic nitrogens is 1. The van der Waals surface area contributed by atoms with Crippen molar-refractivity contribution in [2.75, 3.05) is 22.9 Å². The maximum absolute atomic E-state index is 12.9. The lowest BCUT2D eigenvalue weighted by Crippen LogP contribution is -2.32. The van der Waals surface area contributed by atoms with Gasteiger partial charge in [-0.1, -0.05) is 6.07 Å². The molecule has 0 bridgehead atoms. The van der Waals surface area contributed by atoms with Crippen molar-refractivity contribution in [3.8, 4) is 0 Å². The number of nitrogens with two attached hydrogens (primary N) is 1. The summed E-state index contributed by atoms with van der Waals surface area (Å²) >= 11 is 0. The molecular formula is C14H13FN4O3S. The van der Waals surface area contributed by atoms with E-state index in [1.54, 1.807) is 6.07 Å². The van der Waals surface area contributed by atoms with E-state index in [0.717, 1.165) is 6.20 Å². The molecule has 3 rings (SSSR count). The van der Waals surface area contributed by atoms with Crippen LogP contribution in [0.5, 0.6) is 0 Å². The zero-order valence-corrected chi connectivity index (χ0v) is 12.7. The van der Waals surface area contributed by atoms with Crippen LogP contribution in [-0.2, 0) is 10.0 Å². The fourth-order valence-electron chi connectivity index (χ4n) is 2.35. The van der Waals surface area contributed by atoms with E-state index in [1.807, 2.05) is 0 Å². The van der Waals surface area contributed by atoms with Gasteiger partial charge in [0.15, 0.2) is 0 Å².